The van der Waals surface area contributed by atoms with E-state index in [2.05, 4.69) is 184 Å². The molecule has 0 bridgehead atoms. The molecule has 0 fully saturated rings. The summed E-state index contributed by atoms with van der Waals surface area (Å²) in [5, 5.41) is 0. The number of fused-ring (bicyclic) bond motifs is 3. The fourth-order valence-electron chi connectivity index (χ4n) is 5.61. The maximum Gasteiger partial charge on any atom is 0.0181 e. The quantitative estimate of drug-likeness (QED) is 0.180. The highest BCUT2D eigenvalue weighted by Crippen LogP contribution is 2.48. The molecule has 0 unspecified atom stereocenters. The second-order valence-electron chi connectivity index (χ2n) is 11.8. The fourth-order valence-corrected chi connectivity index (χ4v) is 6.01. The molecular weight excluding hydrogens is 584 g/mol. The Balaban J connectivity index is 0.000000129. The van der Waals surface area contributed by atoms with E-state index >= 15 is 0 Å². The van der Waals surface area contributed by atoms with Gasteiger partial charge >= 0.3 is 0 Å². The number of rotatable bonds is 2. The van der Waals surface area contributed by atoms with Gasteiger partial charge in [0.05, 0.1) is 0 Å². The van der Waals surface area contributed by atoms with Crippen LogP contribution in [0.2, 0.25) is 0 Å². The van der Waals surface area contributed by atoms with Crippen LogP contribution in [0.1, 0.15) is 41.7 Å². The van der Waals surface area contributed by atoms with Gasteiger partial charge in [0.25, 0.3) is 0 Å². The molecule has 0 nitrogen and oxygen atoms in total. The van der Waals surface area contributed by atoms with Gasteiger partial charge in [-0.2, -0.15) is 0 Å². The zero-order valence-corrected chi connectivity index (χ0v) is 27.3. The Morgan fingerprint density at radius 2 is 0.884 bits per heavy atom. The van der Waals surface area contributed by atoms with Crippen LogP contribution in [0.15, 0.2) is 150 Å². The normalized spacial score (nSPS) is 12.1. The molecule has 1 aliphatic rings. The lowest BCUT2D eigenvalue weighted by atomic mass is 9.82. The summed E-state index contributed by atoms with van der Waals surface area (Å²) in [7, 11) is 0. The van der Waals surface area contributed by atoms with Crippen molar-refractivity contribution < 1.29 is 0 Å². The summed E-state index contributed by atoms with van der Waals surface area (Å²) >= 11 is 3.47. The van der Waals surface area contributed by atoms with Crippen molar-refractivity contribution in [3.63, 3.8) is 0 Å². The van der Waals surface area contributed by atoms with Crippen LogP contribution in [0.25, 0.3) is 33.4 Å². The van der Waals surface area contributed by atoms with E-state index in [-0.39, 0.29) is 5.41 Å². The molecule has 0 aliphatic heterocycles. The van der Waals surface area contributed by atoms with Crippen LogP contribution in [0.3, 0.4) is 0 Å². The van der Waals surface area contributed by atoms with E-state index in [9.17, 15) is 0 Å². The van der Waals surface area contributed by atoms with E-state index in [1.54, 1.807) is 0 Å². The molecule has 214 valence electrons. The molecule has 0 atom stereocenters. The van der Waals surface area contributed by atoms with Gasteiger partial charge in [-0.05, 0) is 77.4 Å². The Morgan fingerprint density at radius 3 is 1.51 bits per heavy atom. The summed E-state index contributed by atoms with van der Waals surface area (Å²) in [5.74, 6) is 0. The van der Waals surface area contributed by atoms with Crippen LogP contribution in [0, 0.1) is 20.8 Å². The third kappa shape index (κ3) is 7.24. The van der Waals surface area contributed by atoms with Crippen molar-refractivity contribution >= 4 is 15.9 Å². The zero-order chi connectivity index (χ0) is 30.4. The van der Waals surface area contributed by atoms with E-state index in [0.717, 1.165) is 4.47 Å². The highest BCUT2D eigenvalue weighted by molar-refractivity contribution is 9.10. The van der Waals surface area contributed by atoms with Crippen LogP contribution in [-0.4, -0.2) is 0 Å². The summed E-state index contributed by atoms with van der Waals surface area (Å²) in [4.78, 5) is 0. The SMILES string of the molecule is Cc1ccc(-c2cccc(Br)c2)cc1.Cc1ccc(-c2ccccc2)cc1.Cc1ccc2c(c1)C(C)(C)c1ccccc1-2. The Bertz CT molecular complexity index is 1790. The maximum atomic E-state index is 3.47. The Kier molecular flexibility index (Phi) is 9.43. The third-order valence-corrected chi connectivity index (χ3v) is 8.60. The lowest BCUT2D eigenvalue weighted by Crippen LogP contribution is -2.14. The van der Waals surface area contributed by atoms with Gasteiger partial charge in [0.2, 0.25) is 0 Å². The summed E-state index contributed by atoms with van der Waals surface area (Å²) in [6.45, 7) is 11.0. The lowest BCUT2D eigenvalue weighted by molar-refractivity contribution is 0.660. The van der Waals surface area contributed by atoms with Crippen LogP contribution in [0.4, 0.5) is 0 Å². The Hall–Kier alpha value is -4.20. The molecule has 0 amide bonds. The number of aryl methyl sites for hydroxylation is 3. The fraction of sp³-hybridized carbons (Fsp3) is 0.143. The zero-order valence-electron chi connectivity index (χ0n) is 25.7. The monoisotopic (exact) mass is 622 g/mol. The van der Waals surface area contributed by atoms with Crippen molar-refractivity contribution in [3.05, 3.63) is 178 Å². The summed E-state index contributed by atoms with van der Waals surface area (Å²) in [6, 6.07) is 51.5. The molecule has 6 aromatic rings. The molecule has 0 spiro atoms. The first-order valence-corrected chi connectivity index (χ1v) is 15.7. The molecule has 6 aromatic carbocycles. The minimum absolute atomic E-state index is 0.151. The minimum Gasteiger partial charge on any atom is -0.0622 e. The van der Waals surface area contributed by atoms with Crippen molar-refractivity contribution in [2.45, 2.75) is 40.0 Å². The van der Waals surface area contributed by atoms with E-state index in [0.29, 0.717) is 0 Å². The van der Waals surface area contributed by atoms with Crippen LogP contribution >= 0.6 is 15.9 Å². The average Bonchev–Trinajstić information content (AvgIpc) is 3.25. The molecule has 0 saturated heterocycles. The smallest absolute Gasteiger partial charge is 0.0181 e. The average molecular weight is 624 g/mol. The van der Waals surface area contributed by atoms with Gasteiger partial charge in [-0.15, -0.1) is 0 Å². The predicted octanol–water partition coefficient (Wildman–Crippen LogP) is 12.4. The largest absolute Gasteiger partial charge is 0.0622 e. The second-order valence-corrected chi connectivity index (χ2v) is 12.7. The molecule has 1 heteroatoms. The van der Waals surface area contributed by atoms with Gasteiger partial charge in [-0.25, -0.2) is 0 Å². The third-order valence-electron chi connectivity index (χ3n) is 8.11. The van der Waals surface area contributed by atoms with E-state index < -0.39 is 0 Å². The molecule has 0 aromatic heterocycles. The van der Waals surface area contributed by atoms with Crippen LogP contribution in [-0.2, 0) is 5.41 Å². The van der Waals surface area contributed by atoms with Crippen molar-refractivity contribution in [2.75, 3.05) is 0 Å². The number of hydrogen-bond acceptors (Lipinski definition) is 0. The van der Waals surface area contributed by atoms with E-state index in [4.69, 9.17) is 0 Å². The maximum absolute atomic E-state index is 3.47. The number of hydrogen-bond donors (Lipinski definition) is 0. The molecule has 0 saturated carbocycles. The van der Waals surface area contributed by atoms with Crippen LogP contribution < -0.4 is 0 Å². The topological polar surface area (TPSA) is 0 Å². The minimum atomic E-state index is 0.151. The molecule has 0 radical (unpaired) electrons. The molecule has 0 heterocycles. The van der Waals surface area contributed by atoms with Gasteiger partial charge in [0.1, 0.15) is 0 Å². The first kappa shape index (κ1) is 30.3. The Labute approximate surface area is 266 Å². The molecular formula is C42H39Br. The van der Waals surface area contributed by atoms with E-state index in [1.807, 2.05) is 12.1 Å². The Morgan fingerprint density at radius 1 is 0.395 bits per heavy atom. The van der Waals surface area contributed by atoms with Crippen molar-refractivity contribution in [1.82, 2.24) is 0 Å². The number of benzene rings is 6. The standard InChI is InChI=1S/C16H16.C13H11Br.C13H12/c1-11-8-9-13-12-6-4-5-7-14(12)16(2,3)15(13)10-11;1-10-5-7-11(8-6-10)12-3-2-4-13(14)9-12;1-11-7-9-13(10-8-11)12-5-3-2-4-6-12/h4-10H,1-3H3;2-9H,1H3;2-10H,1H3. The number of halogens is 1. The molecule has 0 N–H and O–H groups in total. The predicted molar refractivity (Wildman–Crippen MR) is 190 cm³/mol. The van der Waals surface area contributed by atoms with Crippen LogP contribution in [0.5, 0.6) is 0 Å². The summed E-state index contributed by atoms with van der Waals surface area (Å²) in [6.07, 6.45) is 0. The van der Waals surface area contributed by atoms with Gasteiger partial charge < -0.3 is 0 Å². The summed E-state index contributed by atoms with van der Waals surface area (Å²) < 4.78 is 1.12. The molecule has 7 rings (SSSR count). The highest BCUT2D eigenvalue weighted by Gasteiger charge is 2.34. The van der Waals surface area contributed by atoms with Gasteiger partial charge in [0.15, 0.2) is 0 Å². The van der Waals surface area contributed by atoms with Gasteiger partial charge in [-0.3, -0.25) is 0 Å². The molecule has 43 heavy (non-hydrogen) atoms. The second kappa shape index (κ2) is 13.4. The van der Waals surface area contributed by atoms with Crippen molar-refractivity contribution in [1.29, 1.82) is 0 Å². The first-order chi connectivity index (χ1) is 20.7. The van der Waals surface area contributed by atoms with Crippen molar-refractivity contribution in [3.8, 4) is 33.4 Å². The highest BCUT2D eigenvalue weighted by atomic mass is 79.9. The first-order valence-electron chi connectivity index (χ1n) is 14.9. The van der Waals surface area contributed by atoms with Gasteiger partial charge in [-0.1, -0.05) is 180 Å². The summed E-state index contributed by atoms with van der Waals surface area (Å²) in [5.41, 5.74) is 14.9. The van der Waals surface area contributed by atoms with Crippen molar-refractivity contribution in [2.24, 2.45) is 0 Å². The van der Waals surface area contributed by atoms with E-state index in [1.165, 1.54) is 61.2 Å². The molecule has 1 aliphatic carbocycles. The van der Waals surface area contributed by atoms with Gasteiger partial charge in [0, 0.05) is 9.89 Å². The lowest BCUT2D eigenvalue weighted by Gasteiger charge is -2.21.